The summed E-state index contributed by atoms with van der Waals surface area (Å²) in [7, 11) is 0. The maximum atomic E-state index is 12.2. The Balaban J connectivity index is 1.60. The molecule has 1 aromatic heterocycles. The Bertz CT molecular complexity index is 502. The summed E-state index contributed by atoms with van der Waals surface area (Å²) in [4.78, 5) is 14.1. The summed E-state index contributed by atoms with van der Waals surface area (Å²) in [5, 5.41) is 11.4. The third-order valence-corrected chi connectivity index (χ3v) is 4.21. The molecular weight excluding hydrogens is 270 g/mol. The van der Waals surface area contributed by atoms with Gasteiger partial charge in [-0.25, -0.2) is 4.79 Å². The highest BCUT2D eigenvalue weighted by Gasteiger charge is 2.24. The number of urea groups is 1. The fraction of sp³-hybridized carbons (Fsp3) is 0.786. The van der Waals surface area contributed by atoms with Crippen molar-refractivity contribution in [2.45, 2.75) is 51.7 Å². The largest absolute Gasteiger partial charge is 0.377 e. The van der Waals surface area contributed by atoms with Gasteiger partial charge in [0.15, 0.2) is 5.82 Å². The van der Waals surface area contributed by atoms with Gasteiger partial charge in [0.05, 0.1) is 25.8 Å². The highest BCUT2D eigenvalue weighted by Crippen LogP contribution is 2.14. The number of morpholine rings is 1. The number of rotatable bonds is 2. The summed E-state index contributed by atoms with van der Waals surface area (Å²) in [5.41, 5.74) is 0. The van der Waals surface area contributed by atoms with Crippen LogP contribution in [0.1, 0.15) is 37.8 Å². The van der Waals surface area contributed by atoms with Gasteiger partial charge >= 0.3 is 6.03 Å². The van der Waals surface area contributed by atoms with Crippen molar-refractivity contribution in [1.82, 2.24) is 25.0 Å². The minimum atomic E-state index is -0.0447. The molecule has 0 aliphatic carbocycles. The molecule has 116 valence electrons. The first-order valence-electron chi connectivity index (χ1n) is 7.79. The van der Waals surface area contributed by atoms with Gasteiger partial charge in [-0.15, -0.1) is 10.2 Å². The molecule has 1 N–H and O–H groups in total. The quantitative estimate of drug-likeness (QED) is 0.880. The Morgan fingerprint density at radius 3 is 3.10 bits per heavy atom. The van der Waals surface area contributed by atoms with Crippen molar-refractivity contribution in [3.05, 3.63) is 11.6 Å². The Hall–Kier alpha value is -1.63. The summed E-state index contributed by atoms with van der Waals surface area (Å²) >= 11 is 0. The fourth-order valence-electron chi connectivity index (χ4n) is 2.96. The van der Waals surface area contributed by atoms with Crippen LogP contribution in [-0.4, -0.2) is 51.5 Å². The summed E-state index contributed by atoms with van der Waals surface area (Å²) in [6.45, 7) is 5.26. The zero-order valence-corrected chi connectivity index (χ0v) is 12.5. The number of carbonyl (C=O) groups is 1. The van der Waals surface area contributed by atoms with Gasteiger partial charge in [-0.05, 0) is 19.8 Å². The van der Waals surface area contributed by atoms with Gasteiger partial charge in [-0.2, -0.15) is 0 Å². The molecule has 2 amide bonds. The molecule has 2 aliphatic rings. The second-order valence-corrected chi connectivity index (χ2v) is 5.77. The standard InChI is InChI=1S/C14H23N5O2/c1-11-10-21-8-7-18(11)14(20)15-9-13-17-16-12-5-3-2-4-6-19(12)13/h11H,2-10H2,1H3,(H,15,20)/t11-/m0/s1. The number of nitrogens with one attached hydrogen (secondary N) is 1. The Kier molecular flexibility index (Phi) is 4.38. The monoisotopic (exact) mass is 293 g/mol. The Morgan fingerprint density at radius 2 is 2.24 bits per heavy atom. The average molecular weight is 293 g/mol. The second kappa shape index (κ2) is 6.43. The number of hydrogen-bond donors (Lipinski definition) is 1. The number of amides is 2. The van der Waals surface area contributed by atoms with Gasteiger partial charge in [0.25, 0.3) is 0 Å². The Morgan fingerprint density at radius 1 is 1.33 bits per heavy atom. The van der Waals surface area contributed by atoms with Crippen molar-refractivity contribution in [2.75, 3.05) is 19.8 Å². The minimum absolute atomic E-state index is 0.0447. The lowest BCUT2D eigenvalue weighted by Gasteiger charge is -2.33. The first-order valence-corrected chi connectivity index (χ1v) is 7.79. The molecule has 0 saturated carbocycles. The molecule has 7 nitrogen and oxygen atoms in total. The van der Waals surface area contributed by atoms with E-state index in [2.05, 4.69) is 20.1 Å². The number of carbonyl (C=O) groups excluding carboxylic acids is 1. The van der Waals surface area contributed by atoms with Gasteiger partial charge in [-0.1, -0.05) is 6.42 Å². The van der Waals surface area contributed by atoms with E-state index in [1.54, 1.807) is 0 Å². The molecule has 7 heteroatoms. The topological polar surface area (TPSA) is 72.3 Å². The highest BCUT2D eigenvalue weighted by molar-refractivity contribution is 5.74. The molecule has 3 rings (SSSR count). The summed E-state index contributed by atoms with van der Waals surface area (Å²) in [6.07, 6.45) is 4.56. The molecule has 1 saturated heterocycles. The summed E-state index contributed by atoms with van der Waals surface area (Å²) in [6, 6.07) is 0.0750. The van der Waals surface area contributed by atoms with Gasteiger partial charge in [0.2, 0.25) is 0 Å². The van der Waals surface area contributed by atoms with Crippen LogP contribution in [0.2, 0.25) is 0 Å². The van der Waals surface area contributed by atoms with Crippen molar-refractivity contribution in [2.24, 2.45) is 0 Å². The van der Waals surface area contributed by atoms with Gasteiger partial charge in [0, 0.05) is 19.5 Å². The van der Waals surface area contributed by atoms with E-state index < -0.39 is 0 Å². The lowest BCUT2D eigenvalue weighted by molar-refractivity contribution is 0.0189. The van der Waals surface area contributed by atoms with E-state index in [-0.39, 0.29) is 12.1 Å². The lowest BCUT2D eigenvalue weighted by Crippen LogP contribution is -2.51. The van der Waals surface area contributed by atoms with Crippen LogP contribution in [0, 0.1) is 0 Å². The van der Waals surface area contributed by atoms with E-state index >= 15 is 0 Å². The summed E-state index contributed by atoms with van der Waals surface area (Å²) < 4.78 is 7.52. The highest BCUT2D eigenvalue weighted by atomic mass is 16.5. The maximum absolute atomic E-state index is 12.2. The number of aromatic nitrogens is 3. The van der Waals surface area contributed by atoms with Crippen LogP contribution in [0.25, 0.3) is 0 Å². The van der Waals surface area contributed by atoms with E-state index in [9.17, 15) is 4.79 Å². The van der Waals surface area contributed by atoms with Crippen LogP contribution in [0.5, 0.6) is 0 Å². The van der Waals surface area contributed by atoms with Gasteiger partial charge in [-0.3, -0.25) is 0 Å². The molecule has 1 aromatic rings. The zero-order chi connectivity index (χ0) is 14.7. The molecule has 1 fully saturated rings. The van der Waals surface area contributed by atoms with Crippen molar-refractivity contribution >= 4 is 6.03 Å². The van der Waals surface area contributed by atoms with Crippen molar-refractivity contribution in [1.29, 1.82) is 0 Å². The van der Waals surface area contributed by atoms with Gasteiger partial charge < -0.3 is 19.5 Å². The molecule has 2 aliphatic heterocycles. The van der Waals surface area contributed by atoms with Crippen LogP contribution in [0.4, 0.5) is 4.79 Å². The Labute approximate surface area is 124 Å². The van der Waals surface area contributed by atoms with E-state index in [1.165, 1.54) is 12.8 Å². The molecule has 21 heavy (non-hydrogen) atoms. The number of fused-ring (bicyclic) bond motifs is 1. The van der Waals surface area contributed by atoms with Crippen molar-refractivity contribution in [3.63, 3.8) is 0 Å². The predicted octanol–water partition coefficient (Wildman–Crippen LogP) is 0.935. The first-order chi connectivity index (χ1) is 10.3. The van der Waals surface area contributed by atoms with Crippen LogP contribution in [-0.2, 0) is 24.2 Å². The summed E-state index contributed by atoms with van der Waals surface area (Å²) in [5.74, 6) is 1.91. The number of ether oxygens (including phenoxy) is 1. The predicted molar refractivity (Wildman–Crippen MR) is 76.8 cm³/mol. The SMILES string of the molecule is C[C@H]1COCCN1C(=O)NCc1nnc2n1CCCCC2. The molecule has 0 radical (unpaired) electrons. The number of nitrogens with zero attached hydrogens (tertiary/aromatic N) is 4. The van der Waals surface area contributed by atoms with Crippen LogP contribution in [0.15, 0.2) is 0 Å². The van der Waals surface area contributed by atoms with E-state index in [0.29, 0.717) is 26.3 Å². The van der Waals surface area contributed by atoms with Gasteiger partial charge in [0.1, 0.15) is 5.82 Å². The van der Waals surface area contributed by atoms with Crippen LogP contribution in [0.3, 0.4) is 0 Å². The molecule has 0 spiro atoms. The average Bonchev–Trinajstić information content (AvgIpc) is 2.72. The molecule has 3 heterocycles. The van der Waals surface area contributed by atoms with E-state index in [4.69, 9.17) is 4.74 Å². The minimum Gasteiger partial charge on any atom is -0.377 e. The molecule has 0 unspecified atom stereocenters. The normalized spacial score (nSPS) is 22.5. The molecule has 0 bridgehead atoms. The maximum Gasteiger partial charge on any atom is 0.318 e. The zero-order valence-electron chi connectivity index (χ0n) is 12.5. The van der Waals surface area contributed by atoms with Crippen LogP contribution >= 0.6 is 0 Å². The second-order valence-electron chi connectivity index (χ2n) is 5.77. The van der Waals surface area contributed by atoms with E-state index in [0.717, 1.165) is 31.0 Å². The molecule has 1 atom stereocenters. The number of aryl methyl sites for hydroxylation is 1. The number of hydrogen-bond acceptors (Lipinski definition) is 4. The third kappa shape index (κ3) is 3.18. The molecular formula is C14H23N5O2. The smallest absolute Gasteiger partial charge is 0.318 e. The van der Waals surface area contributed by atoms with Crippen LogP contribution < -0.4 is 5.32 Å². The van der Waals surface area contributed by atoms with E-state index in [1.807, 2.05) is 11.8 Å². The van der Waals surface area contributed by atoms with Crippen molar-refractivity contribution < 1.29 is 9.53 Å². The lowest BCUT2D eigenvalue weighted by atomic mass is 10.2. The fourth-order valence-corrected chi connectivity index (χ4v) is 2.96. The molecule has 0 aromatic carbocycles. The third-order valence-electron chi connectivity index (χ3n) is 4.21. The first kappa shape index (κ1) is 14.3. The van der Waals surface area contributed by atoms with Crippen molar-refractivity contribution in [3.8, 4) is 0 Å².